The average Bonchev–Trinajstić information content (AvgIpc) is 3.37. The van der Waals surface area contributed by atoms with Gasteiger partial charge in [-0.15, -0.1) is 0 Å². The summed E-state index contributed by atoms with van der Waals surface area (Å²) >= 11 is 20.0. The highest BCUT2D eigenvalue weighted by atomic mass is 79.9. The van der Waals surface area contributed by atoms with Crippen LogP contribution in [-0.2, 0) is 52.9 Å². The molecule has 11 N–H and O–H groups in total. The molecule has 0 fully saturated rings. The first-order chi connectivity index (χ1) is 35.8. The van der Waals surface area contributed by atoms with E-state index in [0.29, 0.717) is 55.1 Å². The largest absolute Gasteiger partial charge is 0.507 e. The first kappa shape index (κ1) is 58.1. The van der Waals surface area contributed by atoms with Gasteiger partial charge in [0, 0.05) is 50.0 Å². The molecule has 0 aliphatic rings. The summed E-state index contributed by atoms with van der Waals surface area (Å²) < 4.78 is 8.24. The summed E-state index contributed by atoms with van der Waals surface area (Å²) in [6, 6.07) is 24.2. The molecule has 0 spiro atoms. The van der Waals surface area contributed by atoms with Crippen LogP contribution in [0.25, 0.3) is 11.1 Å². The van der Waals surface area contributed by atoms with Gasteiger partial charge in [0.05, 0.1) is 26.8 Å². The van der Waals surface area contributed by atoms with E-state index in [-0.39, 0.29) is 115 Å². The predicted molar refractivity (Wildman–Crippen MR) is 301 cm³/mol. The van der Waals surface area contributed by atoms with E-state index in [4.69, 9.17) is 4.74 Å². The molecule has 0 aliphatic heterocycles. The smallest absolute Gasteiger partial charge is 0.269 e. The molecule has 0 bridgehead atoms. The topological polar surface area (TPSA) is 295 Å². The molecule has 0 aromatic heterocycles. The Hall–Kier alpha value is -6.18. The molecule has 75 heavy (non-hydrogen) atoms. The number of phenolic OH excluding ortho intramolecular Hbond substituents is 5. The van der Waals surface area contributed by atoms with Gasteiger partial charge in [0.1, 0.15) is 45.9 Å². The van der Waals surface area contributed by atoms with Crippen LogP contribution in [-0.4, -0.2) is 95.6 Å². The maximum absolute atomic E-state index is 13.3. The molecule has 0 heterocycles. The normalized spacial score (nSPS) is 11.8. The second-order valence-electron chi connectivity index (χ2n) is 16.5. The average molecular weight is 1410 g/mol. The number of oxime groups is 3. The van der Waals surface area contributed by atoms with Crippen molar-refractivity contribution in [2.45, 2.75) is 38.5 Å². The van der Waals surface area contributed by atoms with Gasteiger partial charge in [-0.05, 0) is 221 Å². The third-order valence-electron chi connectivity index (χ3n) is 11.2. The van der Waals surface area contributed by atoms with Gasteiger partial charge in [-0.3, -0.25) is 14.4 Å². The summed E-state index contributed by atoms with van der Waals surface area (Å²) in [4.78, 5) is 39.2. The molecule has 392 valence electrons. The fraction of sp³-hybridized carbons (Fsp3) is 0.176. The Kier molecular flexibility index (Phi) is 20.9. The number of halogens is 6. The standard InChI is InChI=1S/C51H44Br6N6O12/c52-33-15-25(1-4-42(33)64)7-10-58-49(69)39(61-72)21-28-13-31(46(66)36(55)18-28)32-14-29(19-37(56)47(32)67)22-40(62-73)50(70)60-12-9-27-3-6-44(35(54)17-27)75-45-24-30(20-38(57)48(45)68)23-41(63-74)51(71)59-11-8-26-2-5-43(65)34(53)16-26/h1-6,13-20,24,64-68,72-74H,7-12,21-23H2,(H,58,69)(H,59,71)(H,60,70). The lowest BCUT2D eigenvalue weighted by atomic mass is 9.95. The molecule has 3 amide bonds. The molecular weight excluding hydrogens is 1370 g/mol. The maximum Gasteiger partial charge on any atom is 0.269 e. The fourth-order valence-electron chi connectivity index (χ4n) is 7.38. The van der Waals surface area contributed by atoms with Gasteiger partial charge in [-0.1, -0.05) is 33.7 Å². The van der Waals surface area contributed by atoms with Crippen molar-refractivity contribution in [2.75, 3.05) is 19.6 Å². The Balaban J connectivity index is 1.04. The summed E-state index contributed by atoms with van der Waals surface area (Å²) in [6.07, 6.45) is 0.711. The summed E-state index contributed by atoms with van der Waals surface area (Å²) in [5.41, 5.74) is 3.32. The molecule has 0 aliphatic carbocycles. The molecule has 0 atom stereocenters. The van der Waals surface area contributed by atoms with Crippen LogP contribution in [0.5, 0.6) is 40.2 Å². The van der Waals surface area contributed by atoms with E-state index in [1.165, 1.54) is 42.5 Å². The Labute approximate surface area is 479 Å². The van der Waals surface area contributed by atoms with Crippen molar-refractivity contribution in [2.24, 2.45) is 15.5 Å². The second-order valence-corrected chi connectivity index (χ2v) is 21.6. The van der Waals surface area contributed by atoms with Crippen LogP contribution in [0.1, 0.15) is 33.4 Å². The van der Waals surface area contributed by atoms with Crippen molar-refractivity contribution in [3.8, 4) is 51.4 Å². The minimum Gasteiger partial charge on any atom is -0.507 e. The first-order valence-corrected chi connectivity index (χ1v) is 27.0. The number of benzene rings is 6. The van der Waals surface area contributed by atoms with E-state index in [0.717, 1.165) is 16.7 Å². The molecular formula is C51H44Br6N6O12. The summed E-state index contributed by atoms with van der Waals surface area (Å²) in [6.45, 7) is 0.538. The highest BCUT2D eigenvalue weighted by Gasteiger charge is 2.23. The number of nitrogens with one attached hydrogen (secondary N) is 3. The van der Waals surface area contributed by atoms with Crippen LogP contribution in [0, 0.1) is 0 Å². The van der Waals surface area contributed by atoms with E-state index in [9.17, 15) is 55.5 Å². The fourth-order valence-corrected chi connectivity index (χ4v) is 10.2. The number of aromatic hydroxyl groups is 5. The lowest BCUT2D eigenvalue weighted by Crippen LogP contribution is -2.33. The lowest BCUT2D eigenvalue weighted by molar-refractivity contribution is -0.115. The van der Waals surface area contributed by atoms with Crippen LogP contribution in [0.4, 0.5) is 0 Å². The van der Waals surface area contributed by atoms with Crippen molar-refractivity contribution in [1.82, 2.24) is 16.0 Å². The van der Waals surface area contributed by atoms with Gasteiger partial charge in [0.15, 0.2) is 11.5 Å². The van der Waals surface area contributed by atoms with Crippen LogP contribution in [0.2, 0.25) is 0 Å². The number of carbonyl (C=O) groups is 3. The molecule has 24 heteroatoms. The van der Waals surface area contributed by atoms with E-state index in [2.05, 4.69) is 127 Å². The van der Waals surface area contributed by atoms with Crippen molar-refractivity contribution in [3.63, 3.8) is 0 Å². The number of hydrogen-bond acceptors (Lipinski definition) is 15. The summed E-state index contributed by atoms with van der Waals surface area (Å²) in [7, 11) is 0. The van der Waals surface area contributed by atoms with Crippen molar-refractivity contribution < 1.29 is 60.3 Å². The minimum absolute atomic E-state index is 0.0367. The van der Waals surface area contributed by atoms with E-state index < -0.39 is 17.7 Å². The number of rotatable bonds is 21. The number of hydrogen-bond donors (Lipinski definition) is 11. The Morgan fingerprint density at radius 1 is 0.400 bits per heavy atom. The van der Waals surface area contributed by atoms with Gasteiger partial charge >= 0.3 is 0 Å². The summed E-state index contributed by atoms with van der Waals surface area (Å²) in [5, 5.41) is 99.9. The van der Waals surface area contributed by atoms with Gasteiger partial charge in [-0.2, -0.15) is 0 Å². The zero-order valence-corrected chi connectivity index (χ0v) is 48.4. The number of amides is 3. The Morgan fingerprint density at radius 2 is 0.733 bits per heavy atom. The van der Waals surface area contributed by atoms with Crippen molar-refractivity contribution in [3.05, 3.63) is 151 Å². The van der Waals surface area contributed by atoms with Crippen LogP contribution >= 0.6 is 95.6 Å². The number of nitrogens with zero attached hydrogens (tertiary/aromatic N) is 3. The summed E-state index contributed by atoms with van der Waals surface area (Å²) in [5.74, 6) is -2.16. The minimum atomic E-state index is -0.685. The predicted octanol–water partition coefficient (Wildman–Crippen LogP) is 10.4. The molecule has 6 aromatic rings. The Morgan fingerprint density at radius 3 is 1.09 bits per heavy atom. The van der Waals surface area contributed by atoms with E-state index in [1.54, 1.807) is 48.5 Å². The zero-order valence-electron chi connectivity index (χ0n) is 38.8. The van der Waals surface area contributed by atoms with Gasteiger partial charge in [-0.25, -0.2) is 0 Å². The Bertz CT molecular complexity index is 3250. The van der Waals surface area contributed by atoms with Crippen molar-refractivity contribution >= 4 is 130 Å². The lowest BCUT2D eigenvalue weighted by Gasteiger charge is -2.15. The van der Waals surface area contributed by atoms with Gasteiger partial charge < -0.3 is 61.8 Å². The maximum atomic E-state index is 13.3. The van der Waals surface area contributed by atoms with Crippen molar-refractivity contribution in [1.29, 1.82) is 0 Å². The highest BCUT2D eigenvalue weighted by Crippen LogP contribution is 2.44. The first-order valence-electron chi connectivity index (χ1n) is 22.2. The highest BCUT2D eigenvalue weighted by molar-refractivity contribution is 9.11. The number of phenols is 5. The molecule has 0 radical (unpaired) electrons. The zero-order chi connectivity index (χ0) is 54.5. The quantitative estimate of drug-likeness (QED) is 0.0182. The van der Waals surface area contributed by atoms with E-state index >= 15 is 0 Å². The van der Waals surface area contributed by atoms with Gasteiger partial charge in [0.2, 0.25) is 0 Å². The molecule has 0 saturated carbocycles. The van der Waals surface area contributed by atoms with Crippen LogP contribution < -0.4 is 20.7 Å². The van der Waals surface area contributed by atoms with E-state index in [1.807, 2.05) is 0 Å². The molecule has 0 unspecified atom stereocenters. The monoisotopic (exact) mass is 1410 g/mol. The molecule has 6 aromatic carbocycles. The number of carbonyl (C=O) groups excluding carboxylic acids is 3. The molecule has 6 rings (SSSR count). The van der Waals surface area contributed by atoms with Gasteiger partial charge in [0.25, 0.3) is 17.7 Å². The molecule has 18 nitrogen and oxygen atoms in total. The SMILES string of the molecule is O=C(NCCc1ccc(O)c(Br)c1)C(Cc1cc(Br)c(O)c(Oc2ccc(CCNC(=O)C(Cc3cc(Br)c(O)c(-c4cc(CC(=NO)C(=O)NCCc5ccc(O)c(Br)c5)cc(Br)c4O)c3)=NO)cc2Br)c1)=NO. The third kappa shape index (κ3) is 15.7. The second kappa shape index (κ2) is 27.0. The molecule has 0 saturated heterocycles. The van der Waals surface area contributed by atoms with Crippen LogP contribution in [0.15, 0.2) is 133 Å². The number of ether oxygens (including phenoxy) is 1. The third-order valence-corrected chi connectivity index (χ3v) is 14.9. The van der Waals surface area contributed by atoms with Crippen LogP contribution in [0.3, 0.4) is 0 Å².